The molecule has 1 amide bonds. The largest absolute Gasteiger partial charge is 0.347 e. The Bertz CT molecular complexity index is 620. The van der Waals surface area contributed by atoms with Crippen molar-refractivity contribution in [2.24, 2.45) is 0 Å². The lowest BCUT2D eigenvalue weighted by atomic mass is 10.1. The van der Waals surface area contributed by atoms with Crippen molar-refractivity contribution in [3.63, 3.8) is 0 Å². The molecule has 0 radical (unpaired) electrons. The fourth-order valence-electron chi connectivity index (χ4n) is 1.86. The fourth-order valence-corrected chi connectivity index (χ4v) is 4.57. The summed E-state index contributed by atoms with van der Waals surface area (Å²) in [7, 11) is -3.25. The summed E-state index contributed by atoms with van der Waals surface area (Å²) in [6.07, 6.45) is 0. The van der Waals surface area contributed by atoms with Crippen LogP contribution in [0.1, 0.15) is 10.4 Å². The number of sulfone groups is 1. The fraction of sp³-hybridized carbons (Fsp3) is 0.364. The molecule has 2 unspecified atom stereocenters. The van der Waals surface area contributed by atoms with Crippen molar-refractivity contribution in [3.8, 4) is 0 Å². The second kappa shape index (κ2) is 5.26. The zero-order valence-corrected chi connectivity index (χ0v) is 11.9. The topological polar surface area (TPSA) is 63.2 Å². The van der Waals surface area contributed by atoms with Gasteiger partial charge in [-0.05, 0) is 18.2 Å². The number of nitrogens with one attached hydrogen (secondary N) is 1. The third kappa shape index (κ3) is 3.38. The average molecular weight is 326 g/mol. The van der Waals surface area contributed by atoms with Crippen LogP contribution in [0, 0.1) is 5.82 Å². The van der Waals surface area contributed by atoms with Crippen LogP contribution in [-0.2, 0) is 9.84 Å². The molecule has 2 rings (SSSR count). The van der Waals surface area contributed by atoms with Crippen molar-refractivity contribution in [3.05, 3.63) is 34.6 Å². The number of carbonyl (C=O) groups excluding carboxylic acids is 1. The highest BCUT2D eigenvalue weighted by Gasteiger charge is 2.37. The van der Waals surface area contributed by atoms with Gasteiger partial charge in [0.25, 0.3) is 5.91 Å². The van der Waals surface area contributed by atoms with E-state index in [2.05, 4.69) is 5.32 Å². The van der Waals surface area contributed by atoms with Gasteiger partial charge in [0.2, 0.25) is 0 Å². The Morgan fingerprint density at radius 1 is 1.37 bits per heavy atom. The summed E-state index contributed by atoms with van der Waals surface area (Å²) >= 11 is 11.4. The molecule has 1 aliphatic heterocycles. The number of carbonyl (C=O) groups is 1. The minimum Gasteiger partial charge on any atom is -0.347 e. The summed E-state index contributed by atoms with van der Waals surface area (Å²) in [5, 5.41) is 1.90. The Kier molecular flexibility index (Phi) is 4.03. The predicted octanol–water partition coefficient (Wildman–Crippen LogP) is 1.61. The maximum absolute atomic E-state index is 13.5. The summed E-state index contributed by atoms with van der Waals surface area (Å²) < 4.78 is 36.2. The number of amides is 1. The molecule has 104 valence electrons. The number of halogens is 3. The van der Waals surface area contributed by atoms with E-state index in [0.717, 1.165) is 6.07 Å². The Hall–Kier alpha value is -0.850. The first kappa shape index (κ1) is 14.6. The summed E-state index contributed by atoms with van der Waals surface area (Å²) in [6.45, 7) is 0. The molecular formula is C11H10Cl2FNO3S. The Morgan fingerprint density at radius 2 is 2.05 bits per heavy atom. The van der Waals surface area contributed by atoms with Gasteiger partial charge in [0, 0.05) is 5.02 Å². The molecule has 2 atom stereocenters. The van der Waals surface area contributed by atoms with Crippen LogP contribution in [0.2, 0.25) is 5.02 Å². The second-order valence-corrected chi connectivity index (χ2v) is 7.45. The normalized spacial score (nSPS) is 25.2. The molecule has 1 heterocycles. The van der Waals surface area contributed by atoms with Gasteiger partial charge in [0.1, 0.15) is 5.82 Å². The third-order valence-corrected chi connectivity index (χ3v) is 5.39. The van der Waals surface area contributed by atoms with E-state index in [1.807, 2.05) is 0 Å². The molecule has 0 spiro atoms. The molecule has 0 bridgehead atoms. The van der Waals surface area contributed by atoms with E-state index in [1.54, 1.807) is 0 Å². The van der Waals surface area contributed by atoms with Gasteiger partial charge >= 0.3 is 0 Å². The third-order valence-electron chi connectivity index (χ3n) is 2.78. The van der Waals surface area contributed by atoms with Gasteiger partial charge in [0.05, 0.1) is 28.5 Å². The molecule has 1 aromatic carbocycles. The maximum Gasteiger partial charge on any atom is 0.254 e. The van der Waals surface area contributed by atoms with Crippen LogP contribution in [0.4, 0.5) is 4.39 Å². The molecule has 8 heteroatoms. The average Bonchev–Trinajstić information content (AvgIpc) is 2.51. The summed E-state index contributed by atoms with van der Waals surface area (Å²) in [6, 6.07) is 2.91. The molecule has 1 aromatic rings. The number of alkyl halides is 1. The van der Waals surface area contributed by atoms with Crippen molar-refractivity contribution in [2.75, 3.05) is 11.5 Å². The van der Waals surface area contributed by atoms with Gasteiger partial charge in [-0.15, -0.1) is 11.6 Å². The molecule has 1 fully saturated rings. The lowest BCUT2D eigenvalue weighted by Gasteiger charge is -2.14. The number of rotatable bonds is 2. The van der Waals surface area contributed by atoms with Crippen LogP contribution in [-0.4, -0.2) is 37.2 Å². The van der Waals surface area contributed by atoms with E-state index in [4.69, 9.17) is 23.2 Å². The molecule has 4 nitrogen and oxygen atoms in total. The Balaban J connectivity index is 2.14. The summed E-state index contributed by atoms with van der Waals surface area (Å²) in [5.41, 5.74) is -0.197. The Labute approximate surface area is 119 Å². The minimum absolute atomic E-state index is 0.174. The van der Waals surface area contributed by atoms with E-state index >= 15 is 0 Å². The van der Waals surface area contributed by atoms with E-state index in [-0.39, 0.29) is 22.1 Å². The lowest BCUT2D eigenvalue weighted by molar-refractivity contribution is 0.0937. The first-order chi connectivity index (χ1) is 8.78. The van der Waals surface area contributed by atoms with Crippen LogP contribution in [0.25, 0.3) is 0 Å². The SMILES string of the molecule is O=C(NC1CS(=O)(=O)CC1Cl)c1ccc(Cl)cc1F. The highest BCUT2D eigenvalue weighted by Crippen LogP contribution is 2.19. The summed E-state index contributed by atoms with van der Waals surface area (Å²) in [5.74, 6) is -1.90. The van der Waals surface area contributed by atoms with Crippen molar-refractivity contribution < 1.29 is 17.6 Å². The van der Waals surface area contributed by atoms with Crippen LogP contribution in [0.3, 0.4) is 0 Å². The highest BCUT2D eigenvalue weighted by atomic mass is 35.5. The lowest BCUT2D eigenvalue weighted by Crippen LogP contribution is -2.40. The van der Waals surface area contributed by atoms with Crippen molar-refractivity contribution in [2.45, 2.75) is 11.4 Å². The molecule has 1 N–H and O–H groups in total. The van der Waals surface area contributed by atoms with E-state index in [9.17, 15) is 17.6 Å². The van der Waals surface area contributed by atoms with Gasteiger partial charge in [0.15, 0.2) is 9.84 Å². The minimum atomic E-state index is -3.25. The van der Waals surface area contributed by atoms with Crippen LogP contribution >= 0.6 is 23.2 Å². The smallest absolute Gasteiger partial charge is 0.254 e. The number of hydrogen-bond acceptors (Lipinski definition) is 3. The quantitative estimate of drug-likeness (QED) is 0.840. The standard InChI is InChI=1S/C11H10Cl2FNO3S/c12-6-1-2-7(9(14)3-6)11(16)15-10-5-19(17,18)4-8(10)13/h1-3,8,10H,4-5H2,(H,15,16). The predicted molar refractivity (Wildman–Crippen MR) is 71.0 cm³/mol. The van der Waals surface area contributed by atoms with Crippen LogP contribution in [0.5, 0.6) is 0 Å². The van der Waals surface area contributed by atoms with Crippen LogP contribution in [0.15, 0.2) is 18.2 Å². The molecule has 19 heavy (non-hydrogen) atoms. The molecule has 1 saturated heterocycles. The summed E-state index contributed by atoms with van der Waals surface area (Å²) in [4.78, 5) is 11.8. The van der Waals surface area contributed by atoms with Gasteiger partial charge < -0.3 is 5.32 Å². The van der Waals surface area contributed by atoms with Crippen molar-refractivity contribution in [1.82, 2.24) is 5.32 Å². The molecule has 0 aliphatic carbocycles. The van der Waals surface area contributed by atoms with E-state index in [1.165, 1.54) is 12.1 Å². The van der Waals surface area contributed by atoms with Crippen molar-refractivity contribution in [1.29, 1.82) is 0 Å². The Morgan fingerprint density at radius 3 is 2.58 bits per heavy atom. The molecule has 1 aliphatic rings. The van der Waals surface area contributed by atoms with Gasteiger partial charge in [-0.1, -0.05) is 11.6 Å². The zero-order chi connectivity index (χ0) is 14.2. The first-order valence-corrected chi connectivity index (χ1v) is 8.02. The monoisotopic (exact) mass is 325 g/mol. The maximum atomic E-state index is 13.5. The zero-order valence-electron chi connectivity index (χ0n) is 9.57. The van der Waals surface area contributed by atoms with E-state index in [0.29, 0.717) is 0 Å². The number of benzene rings is 1. The molecular weight excluding hydrogens is 316 g/mol. The first-order valence-electron chi connectivity index (χ1n) is 5.39. The van der Waals surface area contributed by atoms with Crippen molar-refractivity contribution >= 4 is 38.9 Å². The molecule has 0 saturated carbocycles. The number of hydrogen-bond donors (Lipinski definition) is 1. The van der Waals surface area contributed by atoms with Gasteiger partial charge in [-0.2, -0.15) is 0 Å². The van der Waals surface area contributed by atoms with Gasteiger partial charge in [-0.25, -0.2) is 12.8 Å². The highest BCUT2D eigenvalue weighted by molar-refractivity contribution is 7.91. The second-order valence-electron chi connectivity index (χ2n) is 4.30. The molecule has 0 aromatic heterocycles. The van der Waals surface area contributed by atoms with Crippen LogP contribution < -0.4 is 5.32 Å². The van der Waals surface area contributed by atoms with E-state index < -0.39 is 33.0 Å². The van der Waals surface area contributed by atoms with Gasteiger partial charge in [-0.3, -0.25) is 4.79 Å².